The van der Waals surface area contributed by atoms with E-state index in [2.05, 4.69) is 5.32 Å². The van der Waals surface area contributed by atoms with E-state index in [4.69, 9.17) is 0 Å². The van der Waals surface area contributed by atoms with Gasteiger partial charge in [-0.1, -0.05) is 43.7 Å². The van der Waals surface area contributed by atoms with Crippen LogP contribution in [0.2, 0.25) is 0 Å². The molecule has 1 N–H and O–H groups in total. The zero-order valence-corrected chi connectivity index (χ0v) is 19.9. The van der Waals surface area contributed by atoms with Gasteiger partial charge in [0.25, 0.3) is 11.5 Å². The molecular weight excluding hydrogens is 481 g/mol. The van der Waals surface area contributed by atoms with E-state index in [1.165, 1.54) is 22.8 Å². The molecule has 6 nitrogen and oxygen atoms in total. The monoisotopic (exact) mass is 506 g/mol. The van der Waals surface area contributed by atoms with Crippen molar-refractivity contribution >= 4 is 16.6 Å². The highest BCUT2D eigenvalue weighted by Gasteiger charge is 2.31. The Labute approximate surface area is 202 Å². The second kappa shape index (κ2) is 11.4. The number of halogens is 3. The molecule has 3 aromatic rings. The van der Waals surface area contributed by atoms with E-state index in [1.807, 2.05) is 6.92 Å². The summed E-state index contributed by atoms with van der Waals surface area (Å²) in [5, 5.41) is 2.64. The van der Waals surface area contributed by atoms with Crippen LogP contribution in [0.15, 0.2) is 65.5 Å². The molecule has 0 aliphatic carbocycles. The lowest BCUT2D eigenvalue weighted by Gasteiger charge is -2.16. The number of nitrogens with one attached hydrogen (secondary N) is 1. The van der Waals surface area contributed by atoms with Crippen LogP contribution >= 0.6 is 0 Å². The van der Waals surface area contributed by atoms with Gasteiger partial charge in [-0.2, -0.15) is 13.2 Å². The number of amides is 1. The van der Waals surface area contributed by atoms with Crippen LogP contribution in [0.4, 0.5) is 13.2 Å². The quantitative estimate of drug-likeness (QED) is 0.425. The van der Waals surface area contributed by atoms with Crippen LogP contribution in [0.25, 0.3) is 5.69 Å². The smallest absolute Gasteiger partial charge is 0.348 e. The summed E-state index contributed by atoms with van der Waals surface area (Å²) in [6.45, 7) is 2.05. The van der Waals surface area contributed by atoms with E-state index in [-0.39, 0.29) is 23.5 Å². The third kappa shape index (κ3) is 6.82. The maximum Gasteiger partial charge on any atom is 0.416 e. The lowest BCUT2D eigenvalue weighted by atomic mass is 10.1. The summed E-state index contributed by atoms with van der Waals surface area (Å²) >= 11 is 0. The van der Waals surface area contributed by atoms with Crippen LogP contribution in [0.5, 0.6) is 0 Å². The number of alkyl halides is 3. The van der Waals surface area contributed by atoms with Gasteiger partial charge < -0.3 is 5.32 Å². The predicted octanol–water partition coefficient (Wildman–Crippen LogP) is 4.24. The molecule has 1 amide bonds. The average molecular weight is 507 g/mol. The number of benzene rings is 2. The number of unbranched alkanes of at least 4 members (excludes halogenated alkanes) is 1. The highest BCUT2D eigenvalue weighted by atomic mass is 32.2. The van der Waals surface area contributed by atoms with E-state index in [1.54, 1.807) is 30.3 Å². The summed E-state index contributed by atoms with van der Waals surface area (Å²) in [5.74, 6) is -0.744. The number of carbonyl (C=O) groups excluding carboxylic acids is 1. The summed E-state index contributed by atoms with van der Waals surface area (Å²) in [7, 11) is -2.55. The fourth-order valence-electron chi connectivity index (χ4n) is 3.60. The Hall–Kier alpha value is -3.40. The fraction of sp³-hybridized carbons (Fsp3) is 0.280. The van der Waals surface area contributed by atoms with E-state index < -0.39 is 33.9 Å². The van der Waals surface area contributed by atoms with Gasteiger partial charge in [0.05, 0.1) is 11.3 Å². The van der Waals surface area contributed by atoms with Crippen LogP contribution in [0.3, 0.4) is 0 Å². The minimum atomic E-state index is -4.57. The van der Waals surface area contributed by atoms with Crippen molar-refractivity contribution < 1.29 is 26.4 Å². The van der Waals surface area contributed by atoms with E-state index in [0.29, 0.717) is 23.2 Å². The van der Waals surface area contributed by atoms with E-state index >= 15 is 0 Å². The molecule has 0 saturated heterocycles. The molecule has 1 heterocycles. The maximum atomic E-state index is 13.3. The maximum absolute atomic E-state index is 13.3. The number of thiol groups is 1. The van der Waals surface area contributed by atoms with Crippen LogP contribution in [-0.4, -0.2) is 18.9 Å². The molecule has 35 heavy (non-hydrogen) atoms. The molecule has 0 saturated carbocycles. The Morgan fingerprint density at radius 2 is 1.69 bits per heavy atom. The highest BCUT2D eigenvalue weighted by molar-refractivity contribution is 7.71. The van der Waals surface area contributed by atoms with Crippen LogP contribution < -0.4 is 10.9 Å². The van der Waals surface area contributed by atoms with Crippen molar-refractivity contribution in [2.45, 2.75) is 44.7 Å². The lowest BCUT2D eigenvalue weighted by Crippen LogP contribution is -2.33. The minimum absolute atomic E-state index is 0.0397. The first-order chi connectivity index (χ1) is 16.6. The van der Waals surface area contributed by atoms with Gasteiger partial charge in [0.1, 0.15) is 16.3 Å². The van der Waals surface area contributed by atoms with E-state index in [0.717, 1.165) is 25.0 Å². The SMILES string of the molecule is CCCCc1ccc(C(=O)NCc2ccc(C[SH](=O)=O)cc2)c(=O)n1-c1cccc(C(F)(F)F)c1. The molecule has 10 heteroatoms. The predicted molar refractivity (Wildman–Crippen MR) is 127 cm³/mol. The minimum Gasteiger partial charge on any atom is -0.348 e. The standard InChI is InChI=1S/C25H25F3N2O4S/c1-2-3-6-20-12-13-22(23(31)29-15-17-8-10-18(11-9-17)16-35(33)34)24(32)30(20)21-7-4-5-19(14-21)25(26,27)28/h4-5,7-14,35H,2-3,6,15-16H2,1H3,(H,29,31). The molecule has 2 aromatic carbocycles. The van der Waals surface area contributed by atoms with Crippen molar-refractivity contribution in [2.24, 2.45) is 0 Å². The number of pyridine rings is 1. The molecule has 186 valence electrons. The van der Waals surface area contributed by atoms with Crippen LogP contribution in [0.1, 0.15) is 52.5 Å². The van der Waals surface area contributed by atoms with Crippen molar-refractivity contribution in [3.05, 3.63) is 99.0 Å². The van der Waals surface area contributed by atoms with Gasteiger partial charge in [-0.15, -0.1) is 0 Å². The molecular formula is C25H25F3N2O4S. The number of aromatic nitrogens is 1. The van der Waals surface area contributed by atoms with Gasteiger partial charge in [0.15, 0.2) is 0 Å². The fourth-order valence-corrected chi connectivity index (χ4v) is 4.10. The number of hydrogen-bond donors (Lipinski definition) is 2. The second-order valence-electron chi connectivity index (χ2n) is 8.02. The van der Waals surface area contributed by atoms with Crippen molar-refractivity contribution in [3.8, 4) is 5.69 Å². The summed E-state index contributed by atoms with van der Waals surface area (Å²) in [5.41, 5.74) is 0.0811. The third-order valence-corrected chi connectivity index (χ3v) is 6.04. The summed E-state index contributed by atoms with van der Waals surface area (Å²) in [6, 6.07) is 14.1. The van der Waals surface area contributed by atoms with Crippen molar-refractivity contribution in [3.63, 3.8) is 0 Å². The normalized spacial score (nSPS) is 11.6. The summed E-state index contributed by atoms with van der Waals surface area (Å²) in [4.78, 5) is 26.1. The van der Waals surface area contributed by atoms with Crippen LogP contribution in [-0.2, 0) is 35.6 Å². The zero-order valence-electron chi connectivity index (χ0n) is 19.0. The van der Waals surface area contributed by atoms with Gasteiger partial charge in [-0.25, -0.2) is 8.42 Å². The summed E-state index contributed by atoms with van der Waals surface area (Å²) in [6.07, 6.45) is -2.56. The van der Waals surface area contributed by atoms with Crippen molar-refractivity contribution in [2.75, 3.05) is 0 Å². The average Bonchev–Trinajstić information content (AvgIpc) is 2.81. The van der Waals surface area contributed by atoms with Gasteiger partial charge in [0, 0.05) is 17.9 Å². The third-order valence-electron chi connectivity index (χ3n) is 5.41. The molecule has 0 atom stereocenters. The van der Waals surface area contributed by atoms with E-state index in [9.17, 15) is 31.2 Å². The number of hydrogen-bond acceptors (Lipinski definition) is 4. The molecule has 0 bridgehead atoms. The molecule has 0 aliphatic rings. The lowest BCUT2D eigenvalue weighted by molar-refractivity contribution is -0.137. The molecule has 0 spiro atoms. The molecule has 3 rings (SSSR count). The summed E-state index contributed by atoms with van der Waals surface area (Å²) < 4.78 is 62.6. The number of carbonyl (C=O) groups is 1. The first-order valence-electron chi connectivity index (χ1n) is 11.0. The number of rotatable bonds is 9. The molecule has 0 unspecified atom stereocenters. The Kier molecular flexibility index (Phi) is 8.50. The van der Waals surface area contributed by atoms with Gasteiger partial charge in [0.2, 0.25) is 0 Å². The van der Waals surface area contributed by atoms with Crippen LogP contribution in [0, 0.1) is 0 Å². The second-order valence-corrected chi connectivity index (χ2v) is 9.00. The van der Waals surface area contributed by atoms with Gasteiger partial charge >= 0.3 is 6.18 Å². The first kappa shape index (κ1) is 26.2. The Balaban J connectivity index is 1.90. The first-order valence-corrected chi connectivity index (χ1v) is 12.4. The van der Waals surface area contributed by atoms with Crippen molar-refractivity contribution in [1.29, 1.82) is 0 Å². The Morgan fingerprint density at radius 3 is 2.31 bits per heavy atom. The largest absolute Gasteiger partial charge is 0.416 e. The molecule has 0 aliphatic heterocycles. The molecule has 0 fully saturated rings. The Bertz CT molecular complexity index is 1320. The number of aryl methyl sites for hydroxylation is 1. The highest BCUT2D eigenvalue weighted by Crippen LogP contribution is 2.30. The van der Waals surface area contributed by atoms with Crippen molar-refractivity contribution in [1.82, 2.24) is 9.88 Å². The van der Waals surface area contributed by atoms with Gasteiger partial charge in [-0.3, -0.25) is 14.2 Å². The molecule has 1 aromatic heterocycles. The topological polar surface area (TPSA) is 85.2 Å². The zero-order chi connectivity index (χ0) is 25.6. The Morgan fingerprint density at radius 1 is 1.00 bits per heavy atom. The number of nitrogens with zero attached hydrogens (tertiary/aromatic N) is 1. The van der Waals surface area contributed by atoms with Gasteiger partial charge in [-0.05, 0) is 54.3 Å². The molecule has 0 radical (unpaired) electrons.